The molecule has 18 heavy (non-hydrogen) atoms. The van der Waals surface area contributed by atoms with Crippen molar-refractivity contribution >= 4 is 23.5 Å². The van der Waals surface area contributed by atoms with E-state index in [0.29, 0.717) is 18.9 Å². The third kappa shape index (κ3) is 5.25. The van der Waals surface area contributed by atoms with E-state index in [2.05, 4.69) is 5.32 Å². The molecule has 1 aliphatic rings. The molecule has 5 heteroatoms. The van der Waals surface area contributed by atoms with Gasteiger partial charge in [-0.25, -0.2) is 4.79 Å². The van der Waals surface area contributed by atoms with E-state index in [1.807, 2.05) is 0 Å². The fourth-order valence-corrected chi connectivity index (χ4v) is 2.62. The molecule has 104 valence electrons. The minimum atomic E-state index is -0.531. The van der Waals surface area contributed by atoms with Crippen molar-refractivity contribution in [3.63, 3.8) is 0 Å². The van der Waals surface area contributed by atoms with Crippen molar-refractivity contribution in [3.8, 4) is 0 Å². The minimum absolute atomic E-state index is 0.0657. The summed E-state index contributed by atoms with van der Waals surface area (Å²) in [6.45, 7) is 2.04. The zero-order valence-corrected chi connectivity index (χ0v) is 11.7. The highest BCUT2D eigenvalue weighted by molar-refractivity contribution is 6.28. The number of ether oxygens (including phenoxy) is 1. The Morgan fingerprint density at radius 2 is 2.00 bits per heavy atom. The maximum absolute atomic E-state index is 11.7. The van der Waals surface area contributed by atoms with Gasteiger partial charge in [-0.1, -0.05) is 32.1 Å². The van der Waals surface area contributed by atoms with Gasteiger partial charge in [-0.3, -0.25) is 4.79 Å². The molecule has 0 heterocycles. The molecule has 1 N–H and O–H groups in total. The van der Waals surface area contributed by atoms with Gasteiger partial charge in [-0.2, -0.15) is 0 Å². The molecule has 4 nitrogen and oxygen atoms in total. The average Bonchev–Trinajstić information content (AvgIpc) is 2.38. The smallest absolute Gasteiger partial charge is 0.407 e. The second-order valence-corrected chi connectivity index (χ2v) is 5.02. The summed E-state index contributed by atoms with van der Waals surface area (Å²) in [4.78, 5) is 23.1. The predicted octanol–water partition coefficient (Wildman–Crippen LogP) is 2.88. The van der Waals surface area contributed by atoms with E-state index in [1.54, 1.807) is 6.92 Å². The second-order valence-electron chi connectivity index (χ2n) is 4.76. The van der Waals surface area contributed by atoms with E-state index in [1.165, 1.54) is 19.3 Å². The molecule has 0 bridgehead atoms. The van der Waals surface area contributed by atoms with Crippen LogP contribution in [0.2, 0.25) is 0 Å². The van der Waals surface area contributed by atoms with Gasteiger partial charge in [0.2, 0.25) is 0 Å². The lowest BCUT2D eigenvalue weighted by molar-refractivity contribution is -0.119. The standard InChI is InChI=1S/C13H22ClNO3/c1-2-18-13(17)15-11(12(16)9-14)8-10-6-4-3-5-7-10/h10-11H,2-9H2,1H3,(H,15,17). The number of rotatable bonds is 6. The predicted molar refractivity (Wildman–Crippen MR) is 70.9 cm³/mol. The first-order valence-corrected chi connectivity index (χ1v) is 7.22. The van der Waals surface area contributed by atoms with Gasteiger partial charge in [-0.05, 0) is 19.3 Å². The van der Waals surface area contributed by atoms with Crippen LogP contribution in [-0.4, -0.2) is 30.4 Å². The summed E-state index contributed by atoms with van der Waals surface area (Å²) in [5.41, 5.74) is 0. The zero-order valence-electron chi connectivity index (χ0n) is 10.9. The summed E-state index contributed by atoms with van der Waals surface area (Å²) in [5.74, 6) is 0.317. The summed E-state index contributed by atoms with van der Waals surface area (Å²) in [6.07, 6.45) is 6.13. The third-order valence-electron chi connectivity index (χ3n) is 3.38. The van der Waals surface area contributed by atoms with Crippen LogP contribution < -0.4 is 5.32 Å². The number of amides is 1. The number of carbonyl (C=O) groups excluding carboxylic acids is 2. The fraction of sp³-hybridized carbons (Fsp3) is 0.846. The van der Waals surface area contributed by atoms with Crippen LogP contribution in [-0.2, 0) is 9.53 Å². The molecule has 0 spiro atoms. The highest BCUT2D eigenvalue weighted by Gasteiger charge is 2.25. The Kier molecular flexibility index (Phi) is 7.09. The highest BCUT2D eigenvalue weighted by atomic mass is 35.5. The maximum atomic E-state index is 11.7. The lowest BCUT2D eigenvalue weighted by Gasteiger charge is -2.25. The first kappa shape index (κ1) is 15.3. The number of halogens is 1. The van der Waals surface area contributed by atoms with Gasteiger partial charge in [0.25, 0.3) is 0 Å². The lowest BCUT2D eigenvalue weighted by atomic mass is 9.84. The van der Waals surface area contributed by atoms with Crippen molar-refractivity contribution in [2.75, 3.05) is 12.5 Å². The van der Waals surface area contributed by atoms with Crippen LogP contribution in [0, 0.1) is 5.92 Å². The number of hydrogen-bond acceptors (Lipinski definition) is 3. The molecule has 1 fully saturated rings. The van der Waals surface area contributed by atoms with Crippen LogP contribution >= 0.6 is 11.6 Å². The van der Waals surface area contributed by atoms with Crippen molar-refractivity contribution in [2.45, 2.75) is 51.5 Å². The van der Waals surface area contributed by atoms with Gasteiger partial charge in [-0.15, -0.1) is 11.6 Å². The molecule has 0 aromatic carbocycles. The second kappa shape index (κ2) is 8.35. The first-order chi connectivity index (χ1) is 8.67. The molecule has 1 atom stereocenters. The van der Waals surface area contributed by atoms with Crippen molar-refractivity contribution in [1.82, 2.24) is 5.32 Å². The molecule has 0 saturated heterocycles. The fourth-order valence-electron chi connectivity index (χ4n) is 2.44. The first-order valence-electron chi connectivity index (χ1n) is 6.69. The number of carbonyl (C=O) groups is 2. The van der Waals surface area contributed by atoms with Crippen LogP contribution in [0.15, 0.2) is 0 Å². The van der Waals surface area contributed by atoms with E-state index in [0.717, 1.165) is 12.8 Å². The molecule has 0 aromatic rings. The van der Waals surface area contributed by atoms with Gasteiger partial charge < -0.3 is 10.1 Å². The lowest BCUT2D eigenvalue weighted by Crippen LogP contribution is -2.43. The number of alkyl carbamates (subject to hydrolysis) is 1. The van der Waals surface area contributed by atoms with Crippen molar-refractivity contribution in [2.24, 2.45) is 5.92 Å². The zero-order chi connectivity index (χ0) is 13.4. The van der Waals surface area contributed by atoms with Crippen LogP contribution in [0.5, 0.6) is 0 Å². The molecule has 0 aromatic heterocycles. The Morgan fingerprint density at radius 1 is 1.33 bits per heavy atom. The van der Waals surface area contributed by atoms with Crippen LogP contribution in [0.3, 0.4) is 0 Å². The molecule has 0 aliphatic heterocycles. The summed E-state index contributed by atoms with van der Waals surface area (Å²) >= 11 is 5.58. The summed E-state index contributed by atoms with van der Waals surface area (Å²) in [6, 6.07) is -0.496. The van der Waals surface area contributed by atoms with E-state index in [-0.39, 0.29) is 11.7 Å². The summed E-state index contributed by atoms with van der Waals surface area (Å²) < 4.78 is 4.81. The average molecular weight is 276 g/mol. The molecule has 1 saturated carbocycles. The van der Waals surface area contributed by atoms with Crippen molar-refractivity contribution in [3.05, 3.63) is 0 Å². The Labute approximate surface area is 113 Å². The normalized spacial score (nSPS) is 18.1. The van der Waals surface area contributed by atoms with E-state index >= 15 is 0 Å². The topological polar surface area (TPSA) is 55.4 Å². The summed E-state index contributed by atoms with van der Waals surface area (Å²) in [5, 5.41) is 2.62. The highest BCUT2D eigenvalue weighted by Crippen LogP contribution is 2.27. The molecular weight excluding hydrogens is 254 g/mol. The number of nitrogens with one attached hydrogen (secondary N) is 1. The Balaban J connectivity index is 2.48. The van der Waals surface area contributed by atoms with Crippen molar-refractivity contribution in [1.29, 1.82) is 0 Å². The van der Waals surface area contributed by atoms with Gasteiger partial charge in [0.05, 0.1) is 18.5 Å². The van der Waals surface area contributed by atoms with Gasteiger partial charge >= 0.3 is 6.09 Å². The molecule has 1 amide bonds. The molecule has 1 aliphatic carbocycles. The Morgan fingerprint density at radius 3 is 2.56 bits per heavy atom. The van der Waals surface area contributed by atoms with Gasteiger partial charge in [0.15, 0.2) is 5.78 Å². The molecule has 0 radical (unpaired) electrons. The largest absolute Gasteiger partial charge is 0.450 e. The third-order valence-corrected chi connectivity index (χ3v) is 3.65. The number of hydrogen-bond donors (Lipinski definition) is 1. The molecular formula is C13H22ClNO3. The van der Waals surface area contributed by atoms with E-state index in [9.17, 15) is 9.59 Å². The van der Waals surface area contributed by atoms with Gasteiger partial charge in [0, 0.05) is 0 Å². The molecule has 1 unspecified atom stereocenters. The number of Topliss-reactive ketones (excluding diaryl/α,β-unsaturated/α-hetero) is 1. The minimum Gasteiger partial charge on any atom is -0.450 e. The SMILES string of the molecule is CCOC(=O)NC(CC1CCCCC1)C(=O)CCl. The number of ketones is 1. The van der Waals surface area contributed by atoms with Crippen LogP contribution in [0.1, 0.15) is 45.4 Å². The Hall–Kier alpha value is -0.770. The van der Waals surface area contributed by atoms with Crippen molar-refractivity contribution < 1.29 is 14.3 Å². The maximum Gasteiger partial charge on any atom is 0.407 e. The summed E-state index contributed by atoms with van der Waals surface area (Å²) in [7, 11) is 0. The van der Waals surface area contributed by atoms with E-state index < -0.39 is 12.1 Å². The molecule has 1 rings (SSSR count). The van der Waals surface area contributed by atoms with E-state index in [4.69, 9.17) is 16.3 Å². The number of alkyl halides is 1. The Bertz CT molecular complexity index is 277. The van der Waals surface area contributed by atoms with Crippen LogP contribution in [0.4, 0.5) is 4.79 Å². The van der Waals surface area contributed by atoms with Gasteiger partial charge in [0.1, 0.15) is 0 Å². The quantitative estimate of drug-likeness (QED) is 0.759. The van der Waals surface area contributed by atoms with Crippen LogP contribution in [0.25, 0.3) is 0 Å². The monoisotopic (exact) mass is 275 g/mol.